The van der Waals surface area contributed by atoms with Crippen LogP contribution in [0.25, 0.3) is 27.8 Å². The van der Waals surface area contributed by atoms with E-state index in [0.29, 0.717) is 23.3 Å². The van der Waals surface area contributed by atoms with Crippen LogP contribution in [0.5, 0.6) is 5.75 Å². The van der Waals surface area contributed by atoms with Gasteiger partial charge in [-0.15, -0.1) is 0 Å². The first-order chi connectivity index (χ1) is 23.5. The summed E-state index contributed by atoms with van der Waals surface area (Å²) < 4.78 is 50.8. The Bertz CT molecular complexity index is 1450. The van der Waals surface area contributed by atoms with Crippen LogP contribution in [-0.2, 0) is 0 Å². The minimum absolute atomic E-state index is 0.0555. The van der Waals surface area contributed by atoms with Gasteiger partial charge in [-0.25, -0.2) is 8.78 Å². The molecule has 2 aliphatic carbocycles. The molecule has 1 fully saturated rings. The quantitative estimate of drug-likeness (QED) is 0.131. The van der Waals surface area contributed by atoms with Crippen molar-refractivity contribution in [3.63, 3.8) is 0 Å². The number of halogens is 3. The summed E-state index contributed by atoms with van der Waals surface area (Å²) in [5, 5.41) is 0. The van der Waals surface area contributed by atoms with Gasteiger partial charge in [-0.2, -0.15) is 4.39 Å². The van der Waals surface area contributed by atoms with Gasteiger partial charge in [-0.1, -0.05) is 133 Å². The monoisotopic (exact) mass is 658 g/mol. The minimum atomic E-state index is -0.967. The first kappa shape index (κ1) is 36.3. The highest BCUT2D eigenvalue weighted by Crippen LogP contribution is 2.42. The SMILES string of the molecule is CCCCCCCOc1ccc(-c2ccc(-c3ccc(C4=CCC(C5CCC(CCCCCCC)CC5)CC4)cc3F)cc2)c(F)c1F. The topological polar surface area (TPSA) is 9.23 Å². The number of hydrogen-bond donors (Lipinski definition) is 0. The fourth-order valence-electron chi connectivity index (χ4n) is 8.06. The Labute approximate surface area is 288 Å². The maximum Gasteiger partial charge on any atom is 0.201 e. The van der Waals surface area contributed by atoms with Crippen LogP contribution in [0.3, 0.4) is 0 Å². The summed E-state index contributed by atoms with van der Waals surface area (Å²) >= 11 is 0. The smallest absolute Gasteiger partial charge is 0.201 e. The Morgan fingerprint density at radius 3 is 1.88 bits per heavy atom. The summed E-state index contributed by atoms with van der Waals surface area (Å²) in [4.78, 5) is 0. The zero-order valence-electron chi connectivity index (χ0n) is 29.5. The van der Waals surface area contributed by atoms with Crippen molar-refractivity contribution in [3.8, 4) is 28.0 Å². The van der Waals surface area contributed by atoms with Gasteiger partial charge in [0.25, 0.3) is 0 Å². The standard InChI is InChI=1S/C44H57F3O/c1-3-5-7-9-11-13-32-14-16-33(17-15-32)34-18-20-35(21-19-34)38-26-27-39(41(45)31-38)36-22-24-37(25-23-36)40-28-29-42(44(47)43(40)46)48-30-12-10-8-6-4-2/h20,22-29,31-34H,3-19,21,30H2,1-2H3. The van der Waals surface area contributed by atoms with Gasteiger partial charge in [0.15, 0.2) is 11.6 Å². The Hall–Kier alpha value is -3.01. The van der Waals surface area contributed by atoms with Gasteiger partial charge in [0.2, 0.25) is 5.82 Å². The highest BCUT2D eigenvalue weighted by molar-refractivity contribution is 5.74. The maximum absolute atomic E-state index is 15.5. The lowest BCUT2D eigenvalue weighted by Crippen LogP contribution is -2.23. The van der Waals surface area contributed by atoms with Gasteiger partial charge < -0.3 is 4.74 Å². The largest absolute Gasteiger partial charge is 0.490 e. The summed E-state index contributed by atoms with van der Waals surface area (Å²) in [5.74, 6) is 0.355. The molecule has 2 aliphatic rings. The molecule has 1 nitrogen and oxygen atoms in total. The number of hydrogen-bond acceptors (Lipinski definition) is 1. The highest BCUT2D eigenvalue weighted by Gasteiger charge is 2.29. The van der Waals surface area contributed by atoms with E-state index in [1.165, 1.54) is 88.7 Å². The molecule has 3 aromatic rings. The molecule has 260 valence electrons. The average Bonchev–Trinajstić information content (AvgIpc) is 3.12. The van der Waals surface area contributed by atoms with Crippen molar-refractivity contribution >= 4 is 5.57 Å². The first-order valence-electron chi connectivity index (χ1n) is 19.2. The number of ether oxygens (including phenoxy) is 1. The van der Waals surface area contributed by atoms with Gasteiger partial charge in [0.1, 0.15) is 5.82 Å². The maximum atomic E-state index is 15.5. The second-order valence-corrected chi connectivity index (χ2v) is 14.5. The van der Waals surface area contributed by atoms with Crippen LogP contribution in [0.4, 0.5) is 13.2 Å². The van der Waals surface area contributed by atoms with Crippen LogP contribution < -0.4 is 4.74 Å². The van der Waals surface area contributed by atoms with Gasteiger partial charge in [0.05, 0.1) is 6.61 Å². The molecule has 48 heavy (non-hydrogen) atoms. The lowest BCUT2D eigenvalue weighted by atomic mass is 9.70. The summed E-state index contributed by atoms with van der Waals surface area (Å²) in [7, 11) is 0. The molecular formula is C44H57F3O. The molecule has 0 amide bonds. The van der Waals surface area contributed by atoms with Crippen molar-refractivity contribution in [2.24, 2.45) is 17.8 Å². The molecule has 0 aliphatic heterocycles. The first-order valence-corrected chi connectivity index (χ1v) is 19.2. The predicted octanol–water partition coefficient (Wildman–Crippen LogP) is 14.1. The van der Waals surface area contributed by atoms with E-state index in [0.717, 1.165) is 61.8 Å². The van der Waals surface area contributed by atoms with Crippen molar-refractivity contribution in [1.29, 1.82) is 0 Å². The Kier molecular flexibility index (Phi) is 14.1. The molecular weight excluding hydrogens is 601 g/mol. The summed E-state index contributed by atoms with van der Waals surface area (Å²) in [5.41, 5.74) is 4.15. The second kappa shape index (κ2) is 18.7. The van der Waals surface area contributed by atoms with Crippen LogP contribution in [0, 0.1) is 35.2 Å². The van der Waals surface area contributed by atoms with E-state index in [4.69, 9.17) is 4.74 Å². The van der Waals surface area contributed by atoms with E-state index in [1.54, 1.807) is 36.4 Å². The molecule has 0 spiro atoms. The van der Waals surface area contributed by atoms with E-state index in [-0.39, 0.29) is 17.1 Å². The number of allylic oxidation sites excluding steroid dienone is 2. The van der Waals surface area contributed by atoms with E-state index in [1.807, 2.05) is 12.1 Å². The van der Waals surface area contributed by atoms with Gasteiger partial charge in [-0.3, -0.25) is 0 Å². The fourth-order valence-corrected chi connectivity index (χ4v) is 8.06. The molecule has 4 heteroatoms. The van der Waals surface area contributed by atoms with Crippen molar-refractivity contribution in [1.82, 2.24) is 0 Å². The lowest BCUT2D eigenvalue weighted by molar-refractivity contribution is 0.187. The molecule has 0 heterocycles. The molecule has 0 saturated heterocycles. The van der Waals surface area contributed by atoms with Crippen molar-refractivity contribution < 1.29 is 17.9 Å². The van der Waals surface area contributed by atoms with Crippen LogP contribution >= 0.6 is 0 Å². The second-order valence-electron chi connectivity index (χ2n) is 14.5. The molecule has 0 bridgehead atoms. The molecule has 1 saturated carbocycles. The van der Waals surface area contributed by atoms with Gasteiger partial charge in [-0.05, 0) is 96.7 Å². The zero-order chi connectivity index (χ0) is 33.7. The molecule has 0 radical (unpaired) electrons. The highest BCUT2D eigenvalue weighted by atomic mass is 19.2. The molecule has 5 rings (SSSR count). The third-order valence-electron chi connectivity index (χ3n) is 11.1. The van der Waals surface area contributed by atoms with Crippen molar-refractivity contribution in [2.75, 3.05) is 6.61 Å². The van der Waals surface area contributed by atoms with Gasteiger partial charge in [0, 0.05) is 11.1 Å². The van der Waals surface area contributed by atoms with E-state index >= 15 is 8.78 Å². The average molecular weight is 659 g/mol. The third kappa shape index (κ3) is 9.79. The minimum Gasteiger partial charge on any atom is -0.490 e. The molecule has 0 aromatic heterocycles. The van der Waals surface area contributed by atoms with Crippen molar-refractivity contribution in [3.05, 3.63) is 83.7 Å². The number of benzene rings is 3. The van der Waals surface area contributed by atoms with Crippen LogP contribution in [0.1, 0.15) is 135 Å². The van der Waals surface area contributed by atoms with Crippen LogP contribution in [0.2, 0.25) is 0 Å². The van der Waals surface area contributed by atoms with Crippen LogP contribution in [-0.4, -0.2) is 6.61 Å². The van der Waals surface area contributed by atoms with E-state index in [9.17, 15) is 4.39 Å². The Balaban J connectivity index is 1.13. The summed E-state index contributed by atoms with van der Waals surface area (Å²) in [6, 6.07) is 15.6. The van der Waals surface area contributed by atoms with Gasteiger partial charge >= 0.3 is 0 Å². The fraction of sp³-hybridized carbons (Fsp3) is 0.545. The summed E-state index contributed by atoms with van der Waals surface area (Å²) in [6.45, 7) is 4.81. The number of rotatable bonds is 17. The summed E-state index contributed by atoms with van der Waals surface area (Å²) in [6.07, 6.45) is 24.9. The van der Waals surface area contributed by atoms with Crippen molar-refractivity contribution in [2.45, 2.75) is 129 Å². The molecule has 1 atom stereocenters. The Morgan fingerprint density at radius 2 is 1.23 bits per heavy atom. The van der Waals surface area contributed by atoms with Crippen LogP contribution in [0.15, 0.2) is 60.7 Å². The van der Waals surface area contributed by atoms with E-state index < -0.39 is 11.6 Å². The molecule has 3 aromatic carbocycles. The normalized spacial score (nSPS) is 19.7. The zero-order valence-corrected chi connectivity index (χ0v) is 29.5. The number of unbranched alkanes of at least 4 members (excludes halogenated alkanes) is 8. The molecule has 0 N–H and O–H groups in total. The molecule has 1 unspecified atom stereocenters. The predicted molar refractivity (Wildman–Crippen MR) is 196 cm³/mol. The lowest BCUT2D eigenvalue weighted by Gasteiger charge is -2.35. The Morgan fingerprint density at radius 1 is 0.604 bits per heavy atom. The van der Waals surface area contributed by atoms with E-state index in [2.05, 4.69) is 19.9 Å². The third-order valence-corrected chi connectivity index (χ3v) is 11.1.